The Morgan fingerprint density at radius 3 is 2.38 bits per heavy atom. The van der Waals surface area contributed by atoms with Gasteiger partial charge in [0.25, 0.3) is 0 Å². The van der Waals surface area contributed by atoms with E-state index >= 15 is 0 Å². The molecule has 0 bridgehead atoms. The lowest BCUT2D eigenvalue weighted by molar-refractivity contribution is 0.0679. The minimum atomic E-state index is -0.725. The van der Waals surface area contributed by atoms with Crippen molar-refractivity contribution < 1.29 is 10.2 Å². The second kappa shape index (κ2) is 3.77. The van der Waals surface area contributed by atoms with Crippen LogP contribution in [0.4, 0.5) is 0 Å². The quantitative estimate of drug-likeness (QED) is 0.827. The number of aliphatic hydroxyl groups is 2. The van der Waals surface area contributed by atoms with Crippen LogP contribution in [-0.2, 0) is 5.54 Å². The predicted octanol–water partition coefficient (Wildman–Crippen LogP) is 0.654. The minimum Gasteiger partial charge on any atom is -0.394 e. The maximum absolute atomic E-state index is 9.10. The summed E-state index contributed by atoms with van der Waals surface area (Å²) in [6.45, 7) is 3.32. The lowest BCUT2D eigenvalue weighted by Gasteiger charge is -2.24. The first-order chi connectivity index (χ1) is 6.03. The van der Waals surface area contributed by atoms with Gasteiger partial charge in [0, 0.05) is 6.20 Å². The molecular weight excluding hydrogens is 236 g/mol. The van der Waals surface area contributed by atoms with Gasteiger partial charge in [-0.3, -0.25) is 4.68 Å². The molecule has 0 aromatic carbocycles. The summed E-state index contributed by atoms with van der Waals surface area (Å²) in [5.74, 6) is 0. The maximum atomic E-state index is 9.10. The normalized spacial score (nSPS) is 12.1. The fraction of sp³-hybridized carbons (Fsp3) is 0.625. The standard InChI is InChI=1S/C8H13BrN2O2/c1-6-7(9)3-11(10-6)8(2,4-12)5-13/h3,12-13H,4-5H2,1-2H3. The van der Waals surface area contributed by atoms with Gasteiger partial charge in [0.2, 0.25) is 0 Å². The molecule has 0 spiro atoms. The van der Waals surface area contributed by atoms with E-state index in [2.05, 4.69) is 21.0 Å². The lowest BCUT2D eigenvalue weighted by atomic mass is 10.1. The van der Waals surface area contributed by atoms with Crippen LogP contribution in [0.1, 0.15) is 12.6 Å². The Morgan fingerprint density at radius 1 is 1.54 bits per heavy atom. The fourth-order valence-corrected chi connectivity index (χ4v) is 1.18. The summed E-state index contributed by atoms with van der Waals surface area (Å²) in [4.78, 5) is 0. The SMILES string of the molecule is Cc1nn(C(C)(CO)CO)cc1Br. The van der Waals surface area contributed by atoms with Crippen molar-refractivity contribution in [2.75, 3.05) is 13.2 Å². The highest BCUT2D eigenvalue weighted by Gasteiger charge is 2.26. The molecule has 5 heteroatoms. The van der Waals surface area contributed by atoms with Gasteiger partial charge < -0.3 is 10.2 Å². The Bertz CT molecular complexity index is 275. The molecule has 0 saturated heterocycles. The summed E-state index contributed by atoms with van der Waals surface area (Å²) < 4.78 is 2.45. The van der Waals surface area contributed by atoms with Crippen molar-refractivity contribution in [2.24, 2.45) is 0 Å². The van der Waals surface area contributed by atoms with Crippen LogP contribution in [-0.4, -0.2) is 33.2 Å². The van der Waals surface area contributed by atoms with Gasteiger partial charge in [-0.05, 0) is 29.8 Å². The van der Waals surface area contributed by atoms with Crippen LogP contribution < -0.4 is 0 Å². The molecule has 74 valence electrons. The average Bonchev–Trinajstić information content (AvgIpc) is 2.46. The Balaban J connectivity index is 3.05. The van der Waals surface area contributed by atoms with Gasteiger partial charge in [-0.25, -0.2) is 0 Å². The van der Waals surface area contributed by atoms with Crippen molar-refractivity contribution >= 4 is 15.9 Å². The van der Waals surface area contributed by atoms with Crippen molar-refractivity contribution in [1.82, 2.24) is 9.78 Å². The molecule has 0 amide bonds. The van der Waals surface area contributed by atoms with E-state index in [0.29, 0.717) is 0 Å². The third-order valence-corrected chi connectivity index (χ3v) is 2.85. The Hall–Kier alpha value is -0.390. The molecular formula is C8H13BrN2O2. The van der Waals surface area contributed by atoms with Crippen LogP contribution in [0.15, 0.2) is 10.7 Å². The smallest absolute Gasteiger partial charge is 0.106 e. The molecule has 0 atom stereocenters. The van der Waals surface area contributed by atoms with Crippen molar-refractivity contribution in [3.05, 3.63) is 16.4 Å². The molecule has 1 rings (SSSR count). The van der Waals surface area contributed by atoms with E-state index in [4.69, 9.17) is 10.2 Å². The van der Waals surface area contributed by atoms with E-state index in [0.717, 1.165) is 10.2 Å². The van der Waals surface area contributed by atoms with Crippen LogP contribution in [0.3, 0.4) is 0 Å². The van der Waals surface area contributed by atoms with E-state index in [1.165, 1.54) is 0 Å². The first-order valence-corrected chi connectivity index (χ1v) is 4.77. The number of hydrogen-bond acceptors (Lipinski definition) is 3. The topological polar surface area (TPSA) is 58.3 Å². The van der Waals surface area contributed by atoms with Crippen molar-refractivity contribution in [1.29, 1.82) is 0 Å². The molecule has 0 aliphatic heterocycles. The number of rotatable bonds is 3. The van der Waals surface area contributed by atoms with Crippen LogP contribution in [0.5, 0.6) is 0 Å². The largest absolute Gasteiger partial charge is 0.394 e. The molecule has 0 aliphatic rings. The van der Waals surface area contributed by atoms with Crippen LogP contribution in [0.25, 0.3) is 0 Å². The number of aryl methyl sites for hydroxylation is 1. The molecule has 13 heavy (non-hydrogen) atoms. The minimum absolute atomic E-state index is 0.142. The highest BCUT2D eigenvalue weighted by molar-refractivity contribution is 9.10. The summed E-state index contributed by atoms with van der Waals surface area (Å²) in [5.41, 5.74) is 0.115. The monoisotopic (exact) mass is 248 g/mol. The number of aliphatic hydroxyl groups excluding tert-OH is 2. The molecule has 4 nitrogen and oxygen atoms in total. The first-order valence-electron chi connectivity index (χ1n) is 3.97. The third kappa shape index (κ3) is 1.92. The lowest BCUT2D eigenvalue weighted by Crippen LogP contribution is -2.38. The zero-order valence-electron chi connectivity index (χ0n) is 7.66. The number of halogens is 1. The molecule has 1 heterocycles. The number of aromatic nitrogens is 2. The fourth-order valence-electron chi connectivity index (χ4n) is 0.910. The Labute approximate surface area is 85.3 Å². The summed E-state index contributed by atoms with van der Waals surface area (Å²) in [6, 6.07) is 0. The number of hydrogen-bond donors (Lipinski definition) is 2. The van der Waals surface area contributed by atoms with Gasteiger partial charge in [-0.1, -0.05) is 0 Å². The second-order valence-electron chi connectivity index (χ2n) is 3.32. The van der Waals surface area contributed by atoms with Gasteiger partial charge in [-0.2, -0.15) is 5.10 Å². The molecule has 2 N–H and O–H groups in total. The van der Waals surface area contributed by atoms with E-state index in [9.17, 15) is 0 Å². The zero-order valence-corrected chi connectivity index (χ0v) is 9.24. The van der Waals surface area contributed by atoms with Crippen LogP contribution in [0.2, 0.25) is 0 Å². The Morgan fingerprint density at radius 2 is 2.08 bits per heavy atom. The first kappa shape index (κ1) is 10.7. The van der Waals surface area contributed by atoms with Crippen molar-refractivity contribution in [3.63, 3.8) is 0 Å². The van der Waals surface area contributed by atoms with E-state index in [1.54, 1.807) is 17.8 Å². The molecule has 0 radical (unpaired) electrons. The molecule has 0 unspecified atom stereocenters. The van der Waals surface area contributed by atoms with Gasteiger partial charge >= 0.3 is 0 Å². The summed E-state index contributed by atoms with van der Waals surface area (Å²) in [7, 11) is 0. The maximum Gasteiger partial charge on any atom is 0.106 e. The van der Waals surface area contributed by atoms with E-state index in [1.807, 2.05) is 6.92 Å². The third-order valence-electron chi connectivity index (χ3n) is 2.07. The van der Waals surface area contributed by atoms with Crippen LogP contribution >= 0.6 is 15.9 Å². The molecule has 1 aromatic rings. The molecule has 1 aromatic heterocycles. The Kier molecular flexibility index (Phi) is 3.10. The van der Waals surface area contributed by atoms with Gasteiger partial charge in [0.05, 0.1) is 23.4 Å². The van der Waals surface area contributed by atoms with E-state index < -0.39 is 5.54 Å². The predicted molar refractivity (Wildman–Crippen MR) is 52.5 cm³/mol. The van der Waals surface area contributed by atoms with Crippen molar-refractivity contribution in [3.8, 4) is 0 Å². The summed E-state index contributed by atoms with van der Waals surface area (Å²) in [6.07, 6.45) is 1.75. The summed E-state index contributed by atoms with van der Waals surface area (Å²) in [5, 5.41) is 22.4. The van der Waals surface area contributed by atoms with Crippen molar-refractivity contribution in [2.45, 2.75) is 19.4 Å². The van der Waals surface area contributed by atoms with Gasteiger partial charge in [-0.15, -0.1) is 0 Å². The molecule has 0 fully saturated rings. The highest BCUT2D eigenvalue weighted by atomic mass is 79.9. The summed E-state index contributed by atoms with van der Waals surface area (Å²) >= 11 is 3.32. The van der Waals surface area contributed by atoms with Gasteiger partial charge in [0.15, 0.2) is 0 Å². The molecule has 0 aliphatic carbocycles. The van der Waals surface area contributed by atoms with Crippen LogP contribution in [0, 0.1) is 6.92 Å². The highest BCUT2D eigenvalue weighted by Crippen LogP contribution is 2.20. The number of nitrogens with zero attached hydrogens (tertiary/aromatic N) is 2. The zero-order chi connectivity index (χ0) is 10.1. The molecule has 0 saturated carbocycles. The van der Waals surface area contributed by atoms with E-state index in [-0.39, 0.29) is 13.2 Å². The average molecular weight is 249 g/mol. The second-order valence-corrected chi connectivity index (χ2v) is 4.17. The van der Waals surface area contributed by atoms with Gasteiger partial charge in [0.1, 0.15) is 5.54 Å².